The number of likely N-dealkylation sites (N-methyl/N-ethyl adjacent to an activating group) is 1. The van der Waals surface area contributed by atoms with Crippen molar-refractivity contribution in [3.8, 4) is 0 Å². The number of benzene rings is 4. The summed E-state index contributed by atoms with van der Waals surface area (Å²) in [6.45, 7) is -1.91. The van der Waals surface area contributed by atoms with E-state index in [0.29, 0.717) is 24.6 Å². The molecule has 2 amide bonds. The molecular weight excluding hydrogens is 576 g/mol. The van der Waals surface area contributed by atoms with E-state index in [1.165, 1.54) is 34.5 Å². The van der Waals surface area contributed by atoms with E-state index >= 15 is 0 Å². The Morgan fingerprint density at radius 1 is 0.750 bits per heavy atom. The average Bonchev–Trinajstić information content (AvgIpc) is 3.32. The minimum absolute atomic E-state index is 0.0592. The summed E-state index contributed by atoms with van der Waals surface area (Å²) in [7, 11) is 1.86. The Morgan fingerprint density at radius 3 is 1.77 bits per heavy atom. The van der Waals surface area contributed by atoms with Crippen molar-refractivity contribution in [2.75, 3.05) is 25.9 Å². The quantitative estimate of drug-likeness (QED) is 0.187. The fourth-order valence-corrected chi connectivity index (χ4v) is 15.5. The van der Waals surface area contributed by atoms with Gasteiger partial charge in [0, 0.05) is 0 Å². The van der Waals surface area contributed by atoms with Crippen molar-refractivity contribution in [2.24, 2.45) is 5.92 Å². The number of hydrogen-bond donors (Lipinski definition) is 0. The third-order valence-corrected chi connectivity index (χ3v) is 17.4. The SMILES string of the molecule is CN1C(=O)N(Cc2ccc(C(F)(F)F)cc2)CC1CCC1CCCP(c2ccccc2)(c2ccccc2)(c2ccccc2)C1. The van der Waals surface area contributed by atoms with Crippen molar-refractivity contribution in [1.82, 2.24) is 9.80 Å². The van der Waals surface area contributed by atoms with Crippen LogP contribution in [-0.4, -0.2) is 47.8 Å². The normalized spacial score (nSPS) is 22.4. The zero-order chi connectivity index (χ0) is 30.8. The van der Waals surface area contributed by atoms with E-state index in [2.05, 4.69) is 91.0 Å². The van der Waals surface area contributed by atoms with Crippen LogP contribution in [0.5, 0.6) is 0 Å². The molecule has 230 valence electrons. The first-order valence-electron chi connectivity index (χ1n) is 15.6. The van der Waals surface area contributed by atoms with Crippen molar-refractivity contribution < 1.29 is 18.0 Å². The predicted molar refractivity (Wildman–Crippen MR) is 176 cm³/mol. The molecule has 2 heterocycles. The molecule has 0 spiro atoms. The third kappa shape index (κ3) is 5.43. The molecule has 2 saturated heterocycles. The monoisotopic (exact) mass is 616 g/mol. The summed E-state index contributed by atoms with van der Waals surface area (Å²) in [5.41, 5.74) is 0.0359. The number of hydrogen-bond acceptors (Lipinski definition) is 1. The summed E-state index contributed by atoms with van der Waals surface area (Å²) in [6.07, 6.45) is 2.16. The van der Waals surface area contributed by atoms with Crippen LogP contribution in [0, 0.1) is 5.92 Å². The molecule has 2 fully saturated rings. The number of amides is 2. The number of alkyl halides is 3. The van der Waals surface area contributed by atoms with Gasteiger partial charge in [-0.1, -0.05) is 0 Å². The average molecular weight is 617 g/mol. The Hall–Kier alpha value is -3.63. The Kier molecular flexibility index (Phi) is 8.32. The van der Waals surface area contributed by atoms with Gasteiger partial charge < -0.3 is 0 Å². The van der Waals surface area contributed by atoms with Gasteiger partial charge in [-0.2, -0.15) is 13.2 Å². The molecule has 44 heavy (non-hydrogen) atoms. The van der Waals surface area contributed by atoms with Crippen molar-refractivity contribution in [1.29, 1.82) is 0 Å². The molecule has 6 rings (SSSR count). The number of nitrogens with zero attached hydrogens (tertiary/aromatic N) is 2. The molecule has 2 unspecified atom stereocenters. The first-order chi connectivity index (χ1) is 21.2. The van der Waals surface area contributed by atoms with Crippen LogP contribution >= 0.6 is 6.60 Å². The second-order valence-electron chi connectivity index (χ2n) is 12.6. The Bertz CT molecular complexity index is 1460. The number of halogens is 3. The molecule has 0 radical (unpaired) electrons. The standard InChI is InChI=1S/C37H40F3N2OP/c1-41-32(27-42(36(41)43)26-29-19-22-31(23-20-29)37(38,39)40)24-21-30-12-11-25-44(28-30,33-13-5-2-6-14-33,34-15-7-3-8-16-34)35-17-9-4-10-18-35/h2-10,13-20,22-23,30,32H,11-12,21,24-28H2,1H3. The van der Waals surface area contributed by atoms with Gasteiger partial charge in [-0.3, -0.25) is 0 Å². The van der Waals surface area contributed by atoms with Crippen molar-refractivity contribution in [3.63, 3.8) is 0 Å². The predicted octanol–water partition coefficient (Wildman–Crippen LogP) is 7.66. The van der Waals surface area contributed by atoms with Crippen LogP contribution in [-0.2, 0) is 12.7 Å². The van der Waals surface area contributed by atoms with E-state index in [0.717, 1.165) is 43.7 Å². The second kappa shape index (κ2) is 12.0. The van der Waals surface area contributed by atoms with Crippen molar-refractivity contribution >= 4 is 28.5 Å². The van der Waals surface area contributed by atoms with Crippen LogP contribution in [0.3, 0.4) is 0 Å². The molecular formula is C37H40F3N2OP. The zero-order valence-corrected chi connectivity index (χ0v) is 26.1. The van der Waals surface area contributed by atoms with Gasteiger partial charge in [0.15, 0.2) is 0 Å². The van der Waals surface area contributed by atoms with E-state index < -0.39 is 18.3 Å². The Labute approximate surface area is 258 Å². The molecule has 0 saturated carbocycles. The minimum atomic E-state index is -4.37. The maximum atomic E-state index is 13.2. The van der Waals surface area contributed by atoms with Crippen LogP contribution in [0.15, 0.2) is 115 Å². The summed E-state index contributed by atoms with van der Waals surface area (Å²) in [5.74, 6) is 0.509. The Balaban J connectivity index is 1.24. The summed E-state index contributed by atoms with van der Waals surface area (Å²) < 4.78 is 39.1. The van der Waals surface area contributed by atoms with E-state index in [-0.39, 0.29) is 12.1 Å². The van der Waals surface area contributed by atoms with Gasteiger partial charge in [0.1, 0.15) is 0 Å². The molecule has 3 nitrogen and oxygen atoms in total. The van der Waals surface area contributed by atoms with Crippen LogP contribution in [0.2, 0.25) is 0 Å². The second-order valence-corrected chi connectivity index (χ2v) is 18.0. The molecule has 0 aromatic heterocycles. The summed E-state index contributed by atoms with van der Waals surface area (Å²) in [4.78, 5) is 16.8. The summed E-state index contributed by atoms with van der Waals surface area (Å²) in [6, 6.07) is 38.7. The first kappa shape index (κ1) is 30.4. The molecule has 2 atom stereocenters. The van der Waals surface area contributed by atoms with Crippen LogP contribution in [0.25, 0.3) is 0 Å². The maximum absolute atomic E-state index is 13.2. The zero-order valence-electron chi connectivity index (χ0n) is 25.2. The molecule has 2 aliphatic heterocycles. The van der Waals surface area contributed by atoms with Gasteiger partial charge in [0.2, 0.25) is 0 Å². The fraction of sp³-hybridized carbons (Fsp3) is 0.324. The molecule has 7 heteroatoms. The molecule has 0 N–H and O–H groups in total. The van der Waals surface area contributed by atoms with E-state index in [4.69, 9.17) is 0 Å². The van der Waals surface area contributed by atoms with Crippen LogP contribution < -0.4 is 15.9 Å². The Morgan fingerprint density at radius 2 is 1.27 bits per heavy atom. The van der Waals surface area contributed by atoms with Crippen LogP contribution in [0.1, 0.15) is 36.8 Å². The number of rotatable bonds is 8. The first-order valence-corrected chi connectivity index (χ1v) is 18.2. The van der Waals surface area contributed by atoms with Gasteiger partial charge in [0.25, 0.3) is 0 Å². The molecule has 4 aromatic rings. The van der Waals surface area contributed by atoms with E-state index in [1.54, 1.807) is 4.90 Å². The van der Waals surface area contributed by atoms with Gasteiger partial charge >= 0.3 is 246 Å². The topological polar surface area (TPSA) is 23.6 Å². The molecule has 2 aliphatic rings. The number of urea groups is 1. The van der Waals surface area contributed by atoms with Crippen molar-refractivity contribution in [3.05, 3.63) is 126 Å². The third-order valence-electron chi connectivity index (χ3n) is 10.2. The van der Waals surface area contributed by atoms with Gasteiger partial charge in [-0.15, -0.1) is 0 Å². The van der Waals surface area contributed by atoms with Gasteiger partial charge in [-0.05, 0) is 0 Å². The van der Waals surface area contributed by atoms with E-state index in [1.807, 2.05) is 11.9 Å². The number of carbonyl (C=O) groups is 1. The van der Waals surface area contributed by atoms with E-state index in [9.17, 15) is 18.0 Å². The molecule has 4 aromatic carbocycles. The van der Waals surface area contributed by atoms with Crippen molar-refractivity contribution in [2.45, 2.75) is 44.4 Å². The van der Waals surface area contributed by atoms with Gasteiger partial charge in [0.05, 0.1) is 0 Å². The number of carbonyl (C=O) groups excluding carboxylic acids is 1. The molecule has 0 bridgehead atoms. The summed E-state index contributed by atoms with van der Waals surface area (Å²) in [5, 5.41) is 4.37. The summed E-state index contributed by atoms with van der Waals surface area (Å²) >= 11 is 0. The van der Waals surface area contributed by atoms with Gasteiger partial charge in [-0.25, -0.2) is 0 Å². The van der Waals surface area contributed by atoms with Crippen LogP contribution in [0.4, 0.5) is 18.0 Å². The fourth-order valence-electron chi connectivity index (χ4n) is 7.93. The molecule has 0 aliphatic carbocycles.